The molecular formula is C9H17FN2. The second kappa shape index (κ2) is 3.71. The number of rotatable bonds is 1. The minimum Gasteiger partial charge on any atom is -0.316 e. The van der Waals surface area contributed by atoms with E-state index >= 15 is 0 Å². The lowest BCUT2D eigenvalue weighted by molar-refractivity contribution is 0.176. The summed E-state index contributed by atoms with van der Waals surface area (Å²) in [4.78, 5) is 0. The van der Waals surface area contributed by atoms with Crippen molar-refractivity contribution in [2.24, 2.45) is 11.8 Å². The fourth-order valence-corrected chi connectivity index (χ4v) is 2.36. The Kier molecular flexibility index (Phi) is 2.61. The first kappa shape index (κ1) is 8.45. The third-order valence-electron chi connectivity index (χ3n) is 3.10. The van der Waals surface area contributed by atoms with Crippen molar-refractivity contribution in [3.05, 3.63) is 0 Å². The SMILES string of the molecule is FC1CNCC(C2CCNC2)C1. The van der Waals surface area contributed by atoms with Crippen molar-refractivity contribution >= 4 is 0 Å². The van der Waals surface area contributed by atoms with E-state index in [1.807, 2.05) is 0 Å². The van der Waals surface area contributed by atoms with E-state index in [0.29, 0.717) is 12.5 Å². The maximum atomic E-state index is 13.0. The van der Waals surface area contributed by atoms with Gasteiger partial charge in [-0.3, -0.25) is 0 Å². The molecule has 2 aliphatic rings. The highest BCUT2D eigenvalue weighted by Gasteiger charge is 2.29. The zero-order valence-corrected chi connectivity index (χ0v) is 7.35. The molecule has 70 valence electrons. The van der Waals surface area contributed by atoms with Crippen LogP contribution in [-0.4, -0.2) is 32.4 Å². The van der Waals surface area contributed by atoms with Gasteiger partial charge < -0.3 is 10.6 Å². The van der Waals surface area contributed by atoms with Gasteiger partial charge in [0.05, 0.1) is 0 Å². The Morgan fingerprint density at radius 2 is 1.83 bits per heavy atom. The number of alkyl halides is 1. The van der Waals surface area contributed by atoms with Gasteiger partial charge in [0.2, 0.25) is 0 Å². The van der Waals surface area contributed by atoms with Crippen LogP contribution in [0.3, 0.4) is 0 Å². The average molecular weight is 172 g/mol. The molecule has 0 spiro atoms. The van der Waals surface area contributed by atoms with Gasteiger partial charge in [-0.25, -0.2) is 4.39 Å². The van der Waals surface area contributed by atoms with Crippen molar-refractivity contribution in [2.75, 3.05) is 26.2 Å². The zero-order chi connectivity index (χ0) is 8.39. The van der Waals surface area contributed by atoms with Crippen LogP contribution in [-0.2, 0) is 0 Å². The van der Waals surface area contributed by atoms with E-state index in [4.69, 9.17) is 0 Å². The summed E-state index contributed by atoms with van der Waals surface area (Å²) in [6, 6.07) is 0. The third-order valence-corrected chi connectivity index (χ3v) is 3.10. The lowest BCUT2D eigenvalue weighted by atomic mass is 9.85. The van der Waals surface area contributed by atoms with Crippen LogP contribution in [0.4, 0.5) is 4.39 Å². The molecule has 0 aliphatic carbocycles. The first-order valence-corrected chi connectivity index (χ1v) is 4.92. The third kappa shape index (κ3) is 1.77. The Morgan fingerprint density at radius 1 is 1.00 bits per heavy atom. The molecule has 0 aromatic rings. The predicted molar refractivity (Wildman–Crippen MR) is 46.8 cm³/mol. The normalized spacial score (nSPS) is 43.2. The van der Waals surface area contributed by atoms with Crippen LogP contribution in [0, 0.1) is 11.8 Å². The topological polar surface area (TPSA) is 24.1 Å². The van der Waals surface area contributed by atoms with Crippen LogP contribution < -0.4 is 10.6 Å². The van der Waals surface area contributed by atoms with E-state index in [-0.39, 0.29) is 0 Å². The molecule has 2 aliphatic heterocycles. The van der Waals surface area contributed by atoms with Crippen LogP contribution in [0.1, 0.15) is 12.8 Å². The molecule has 3 unspecified atom stereocenters. The molecule has 0 aromatic heterocycles. The predicted octanol–water partition coefficient (Wildman–Crippen LogP) is 0.543. The minimum atomic E-state index is -0.607. The molecule has 3 heteroatoms. The molecule has 0 saturated carbocycles. The van der Waals surface area contributed by atoms with Crippen molar-refractivity contribution in [3.8, 4) is 0 Å². The molecule has 2 rings (SSSR count). The van der Waals surface area contributed by atoms with Crippen LogP contribution in [0.15, 0.2) is 0 Å². The fourth-order valence-electron chi connectivity index (χ4n) is 2.36. The standard InChI is InChI=1S/C9H17FN2/c10-9-3-8(5-12-6-9)7-1-2-11-4-7/h7-9,11-12H,1-6H2. The van der Waals surface area contributed by atoms with Gasteiger partial charge in [-0.2, -0.15) is 0 Å². The van der Waals surface area contributed by atoms with Crippen molar-refractivity contribution in [1.82, 2.24) is 10.6 Å². The molecule has 0 bridgehead atoms. The molecule has 2 nitrogen and oxygen atoms in total. The van der Waals surface area contributed by atoms with E-state index in [9.17, 15) is 4.39 Å². The maximum Gasteiger partial charge on any atom is 0.113 e. The molecule has 12 heavy (non-hydrogen) atoms. The van der Waals surface area contributed by atoms with Crippen LogP contribution in [0.5, 0.6) is 0 Å². The van der Waals surface area contributed by atoms with Crippen LogP contribution in [0.2, 0.25) is 0 Å². The molecule has 0 radical (unpaired) electrons. The summed E-state index contributed by atoms with van der Waals surface area (Å²) in [6.07, 6.45) is 1.41. The lowest BCUT2D eigenvalue weighted by Gasteiger charge is -2.29. The van der Waals surface area contributed by atoms with Gasteiger partial charge >= 0.3 is 0 Å². The van der Waals surface area contributed by atoms with E-state index in [1.165, 1.54) is 6.42 Å². The van der Waals surface area contributed by atoms with Crippen molar-refractivity contribution in [2.45, 2.75) is 19.0 Å². The lowest BCUT2D eigenvalue weighted by Crippen LogP contribution is -2.40. The van der Waals surface area contributed by atoms with Gasteiger partial charge in [0, 0.05) is 6.54 Å². The number of piperidine rings is 1. The largest absolute Gasteiger partial charge is 0.316 e. The smallest absolute Gasteiger partial charge is 0.113 e. The van der Waals surface area contributed by atoms with E-state index in [0.717, 1.165) is 32.0 Å². The average Bonchev–Trinajstić information content (AvgIpc) is 2.56. The molecule has 0 amide bonds. The maximum absolute atomic E-state index is 13.0. The monoisotopic (exact) mass is 172 g/mol. The molecular weight excluding hydrogens is 155 g/mol. The summed E-state index contributed by atoms with van der Waals surface area (Å²) in [5.74, 6) is 1.29. The van der Waals surface area contributed by atoms with Gasteiger partial charge in [-0.05, 0) is 44.3 Å². The van der Waals surface area contributed by atoms with Crippen molar-refractivity contribution in [1.29, 1.82) is 0 Å². The summed E-state index contributed by atoms with van der Waals surface area (Å²) in [6.45, 7) is 3.81. The highest BCUT2D eigenvalue weighted by atomic mass is 19.1. The van der Waals surface area contributed by atoms with Gasteiger partial charge in [0.1, 0.15) is 6.17 Å². The summed E-state index contributed by atoms with van der Waals surface area (Å²) in [7, 11) is 0. The Balaban J connectivity index is 1.85. The molecule has 3 atom stereocenters. The zero-order valence-electron chi connectivity index (χ0n) is 7.35. The molecule has 2 fully saturated rings. The second-order valence-corrected chi connectivity index (χ2v) is 4.00. The van der Waals surface area contributed by atoms with E-state index in [1.54, 1.807) is 0 Å². The summed E-state index contributed by atoms with van der Waals surface area (Å²) >= 11 is 0. The molecule has 2 N–H and O–H groups in total. The first-order valence-electron chi connectivity index (χ1n) is 4.92. The molecule has 2 saturated heterocycles. The number of nitrogens with one attached hydrogen (secondary N) is 2. The van der Waals surface area contributed by atoms with Gasteiger partial charge in [0.15, 0.2) is 0 Å². The van der Waals surface area contributed by atoms with Crippen LogP contribution in [0.25, 0.3) is 0 Å². The van der Waals surface area contributed by atoms with Crippen molar-refractivity contribution < 1.29 is 4.39 Å². The fraction of sp³-hybridized carbons (Fsp3) is 1.00. The highest BCUT2D eigenvalue weighted by molar-refractivity contribution is 4.84. The Bertz CT molecular complexity index is 145. The number of hydrogen-bond acceptors (Lipinski definition) is 2. The van der Waals surface area contributed by atoms with E-state index in [2.05, 4.69) is 10.6 Å². The molecule has 2 heterocycles. The molecule has 0 aromatic carbocycles. The van der Waals surface area contributed by atoms with Crippen molar-refractivity contribution in [3.63, 3.8) is 0 Å². The number of hydrogen-bond donors (Lipinski definition) is 2. The Hall–Kier alpha value is -0.150. The van der Waals surface area contributed by atoms with Gasteiger partial charge in [0.25, 0.3) is 0 Å². The summed E-state index contributed by atoms with van der Waals surface area (Å²) in [5.41, 5.74) is 0. The minimum absolute atomic E-state index is 0.566. The Labute approximate surface area is 72.9 Å². The van der Waals surface area contributed by atoms with Crippen LogP contribution >= 0.6 is 0 Å². The number of halogens is 1. The summed E-state index contributed by atoms with van der Waals surface area (Å²) < 4.78 is 13.0. The Morgan fingerprint density at radius 3 is 2.50 bits per heavy atom. The van der Waals surface area contributed by atoms with Gasteiger partial charge in [-0.1, -0.05) is 0 Å². The quantitative estimate of drug-likeness (QED) is 0.603. The summed E-state index contributed by atoms with van der Waals surface area (Å²) in [5, 5.41) is 6.49. The first-order chi connectivity index (χ1) is 5.86. The highest BCUT2D eigenvalue weighted by Crippen LogP contribution is 2.25. The second-order valence-electron chi connectivity index (χ2n) is 4.00. The van der Waals surface area contributed by atoms with Gasteiger partial charge in [-0.15, -0.1) is 0 Å². The van der Waals surface area contributed by atoms with E-state index < -0.39 is 6.17 Å².